The number of ether oxygens (including phenoxy) is 2. The van der Waals surface area contributed by atoms with Crippen molar-refractivity contribution in [1.82, 2.24) is 0 Å². The van der Waals surface area contributed by atoms with Crippen molar-refractivity contribution < 1.29 is 29.0 Å². The Bertz CT molecular complexity index is 815. The summed E-state index contributed by atoms with van der Waals surface area (Å²) in [6.07, 6.45) is 7.03. The van der Waals surface area contributed by atoms with Crippen LogP contribution in [0.5, 0.6) is 0 Å². The molecule has 1 heterocycles. The molecule has 0 spiro atoms. The molecule has 164 valence electrons. The van der Waals surface area contributed by atoms with Crippen LogP contribution in [0, 0.1) is 34.5 Å². The number of esters is 1. The smallest absolute Gasteiger partial charge is 0.308 e. The fourth-order valence-electron chi connectivity index (χ4n) is 7.93. The predicted molar refractivity (Wildman–Crippen MR) is 107 cm³/mol. The highest BCUT2D eigenvalue weighted by Gasteiger charge is 2.64. The first-order valence-electron chi connectivity index (χ1n) is 11.6. The number of ketones is 2. The first kappa shape index (κ1) is 20.2. The average molecular weight is 417 g/mol. The molecule has 6 heteroatoms. The monoisotopic (exact) mass is 416 g/mol. The van der Waals surface area contributed by atoms with Gasteiger partial charge in [0.05, 0.1) is 25.4 Å². The summed E-state index contributed by atoms with van der Waals surface area (Å²) in [5, 5.41) is 8.84. The molecule has 3 fully saturated rings. The summed E-state index contributed by atoms with van der Waals surface area (Å²) in [7, 11) is 0. The number of allylic oxidation sites excluding steroid dienone is 1. The second-order valence-corrected chi connectivity index (χ2v) is 10.4. The summed E-state index contributed by atoms with van der Waals surface area (Å²) in [6, 6.07) is 0. The summed E-state index contributed by atoms with van der Waals surface area (Å²) in [5.74, 6) is 2.44. The molecular weight excluding hydrogens is 384 g/mol. The van der Waals surface area contributed by atoms with E-state index in [0.29, 0.717) is 36.4 Å². The highest BCUT2D eigenvalue weighted by Crippen LogP contribution is 2.69. The van der Waals surface area contributed by atoms with Gasteiger partial charge in [-0.05, 0) is 60.8 Å². The number of Topliss-reactive ketones (excluding diaryl/α,β-unsaturated/α-hetero) is 2. The molecule has 1 aliphatic heterocycles. The Hall–Kier alpha value is -1.69. The lowest BCUT2D eigenvalue weighted by Crippen LogP contribution is -2.51. The van der Waals surface area contributed by atoms with Crippen LogP contribution in [0.3, 0.4) is 0 Å². The third-order valence-electron chi connectivity index (χ3n) is 9.31. The number of carbonyl (C=O) groups is 3. The zero-order chi connectivity index (χ0) is 21.1. The van der Waals surface area contributed by atoms with E-state index < -0.39 is 5.97 Å². The fraction of sp³-hybridized carbons (Fsp3) is 0.792. The summed E-state index contributed by atoms with van der Waals surface area (Å²) < 4.78 is 11.3. The Morgan fingerprint density at radius 3 is 2.83 bits per heavy atom. The molecule has 0 aromatic heterocycles. The number of carbonyl (C=O) groups excluding carboxylic acids is 3. The molecule has 0 aromatic rings. The quantitative estimate of drug-likeness (QED) is 0.693. The minimum atomic E-state index is -0.513. The number of fused-ring (bicyclic) bond motifs is 3. The summed E-state index contributed by atoms with van der Waals surface area (Å²) in [4.78, 5) is 36.7. The maximum absolute atomic E-state index is 13.0. The molecule has 2 bridgehead atoms. The van der Waals surface area contributed by atoms with E-state index in [2.05, 4.69) is 6.92 Å². The first-order chi connectivity index (χ1) is 14.4. The maximum Gasteiger partial charge on any atom is 0.308 e. The summed E-state index contributed by atoms with van der Waals surface area (Å²) in [6.45, 7) is 2.59. The Balaban J connectivity index is 1.35. The SMILES string of the molecule is C[C@]12CCC3C(CC4=C5CC(=O)CC[C@@]53CO4)C1CC[C@@H]2C(=O)COC(=O)CCO. The predicted octanol–water partition coefficient (Wildman–Crippen LogP) is 2.97. The van der Waals surface area contributed by atoms with Crippen LogP contribution in [-0.4, -0.2) is 42.5 Å². The molecule has 0 radical (unpaired) electrons. The van der Waals surface area contributed by atoms with Crippen LogP contribution in [0.2, 0.25) is 0 Å². The normalized spacial score (nSPS) is 41.6. The van der Waals surface area contributed by atoms with Gasteiger partial charge in [0.15, 0.2) is 5.78 Å². The summed E-state index contributed by atoms with van der Waals surface area (Å²) in [5.41, 5.74) is 1.32. The number of aliphatic hydroxyl groups excluding tert-OH is 1. The lowest BCUT2D eigenvalue weighted by atomic mass is 9.47. The van der Waals surface area contributed by atoms with Crippen LogP contribution < -0.4 is 0 Å². The van der Waals surface area contributed by atoms with Gasteiger partial charge in [0.1, 0.15) is 12.4 Å². The molecule has 6 nitrogen and oxygen atoms in total. The second-order valence-electron chi connectivity index (χ2n) is 10.4. The van der Waals surface area contributed by atoms with Crippen molar-refractivity contribution in [3.63, 3.8) is 0 Å². The third kappa shape index (κ3) is 2.82. The van der Waals surface area contributed by atoms with Crippen LogP contribution in [0.25, 0.3) is 0 Å². The van der Waals surface area contributed by atoms with E-state index >= 15 is 0 Å². The highest BCUT2D eigenvalue weighted by molar-refractivity contribution is 5.85. The number of aliphatic hydroxyl groups is 1. The van der Waals surface area contributed by atoms with Crippen LogP contribution in [0.1, 0.15) is 64.7 Å². The molecule has 30 heavy (non-hydrogen) atoms. The van der Waals surface area contributed by atoms with Gasteiger partial charge < -0.3 is 14.6 Å². The molecule has 0 aromatic carbocycles. The van der Waals surface area contributed by atoms with Gasteiger partial charge in [-0.25, -0.2) is 0 Å². The van der Waals surface area contributed by atoms with Crippen molar-refractivity contribution in [3.8, 4) is 0 Å². The Labute approximate surface area is 177 Å². The highest BCUT2D eigenvalue weighted by atomic mass is 16.5. The van der Waals surface area contributed by atoms with E-state index in [4.69, 9.17) is 14.6 Å². The molecule has 4 aliphatic carbocycles. The van der Waals surface area contributed by atoms with Gasteiger partial charge >= 0.3 is 5.97 Å². The van der Waals surface area contributed by atoms with E-state index in [9.17, 15) is 14.4 Å². The molecular formula is C24H32O6. The molecule has 5 rings (SSSR count). The van der Waals surface area contributed by atoms with Crippen molar-refractivity contribution in [2.45, 2.75) is 64.7 Å². The maximum atomic E-state index is 13.0. The van der Waals surface area contributed by atoms with Crippen molar-refractivity contribution in [2.24, 2.45) is 34.5 Å². The molecule has 5 aliphatic rings. The molecule has 1 N–H and O–H groups in total. The van der Waals surface area contributed by atoms with Gasteiger partial charge in [0.2, 0.25) is 0 Å². The van der Waals surface area contributed by atoms with Crippen molar-refractivity contribution in [2.75, 3.05) is 19.8 Å². The Morgan fingerprint density at radius 1 is 1.20 bits per heavy atom. The van der Waals surface area contributed by atoms with E-state index in [1.165, 1.54) is 5.57 Å². The van der Waals surface area contributed by atoms with Gasteiger partial charge in [-0.3, -0.25) is 14.4 Å². The molecule has 0 amide bonds. The van der Waals surface area contributed by atoms with E-state index in [-0.39, 0.29) is 42.2 Å². The van der Waals surface area contributed by atoms with E-state index in [0.717, 1.165) is 50.9 Å². The minimum Gasteiger partial charge on any atom is -0.497 e. The van der Waals surface area contributed by atoms with E-state index in [1.54, 1.807) is 0 Å². The van der Waals surface area contributed by atoms with Crippen LogP contribution in [-0.2, 0) is 23.9 Å². The van der Waals surface area contributed by atoms with Crippen molar-refractivity contribution in [3.05, 3.63) is 11.3 Å². The fourth-order valence-corrected chi connectivity index (χ4v) is 7.93. The zero-order valence-electron chi connectivity index (χ0n) is 17.8. The van der Waals surface area contributed by atoms with Gasteiger partial charge in [-0.1, -0.05) is 6.92 Å². The van der Waals surface area contributed by atoms with Gasteiger partial charge in [0.25, 0.3) is 0 Å². The molecule has 6 atom stereocenters. The number of rotatable bonds is 5. The average Bonchev–Trinajstić information content (AvgIpc) is 3.20. The second kappa shape index (κ2) is 7.18. The van der Waals surface area contributed by atoms with E-state index in [1.807, 2.05) is 0 Å². The zero-order valence-corrected chi connectivity index (χ0v) is 17.8. The molecule has 3 unspecified atom stereocenters. The lowest BCUT2D eigenvalue weighted by Gasteiger charge is -2.55. The number of hydrogen-bond acceptors (Lipinski definition) is 6. The topological polar surface area (TPSA) is 89.9 Å². The van der Waals surface area contributed by atoms with Gasteiger partial charge in [-0.2, -0.15) is 0 Å². The standard InChI is InChI=1S/C24H32O6/c1-23-7-5-17-15(11-21-19-10-14(26)4-8-24(17,19)13-30-21)16(23)2-3-18(23)20(27)12-29-22(28)6-9-25/h15-18,25H,2-13H2,1H3/t15?,16?,17?,18-,23+,24+/m1/s1. The third-order valence-corrected chi connectivity index (χ3v) is 9.31. The van der Waals surface area contributed by atoms with Crippen molar-refractivity contribution in [1.29, 1.82) is 0 Å². The Morgan fingerprint density at radius 2 is 2.03 bits per heavy atom. The number of hydrogen-bond donors (Lipinski definition) is 1. The van der Waals surface area contributed by atoms with Crippen LogP contribution in [0.15, 0.2) is 11.3 Å². The molecule has 3 saturated carbocycles. The minimum absolute atomic E-state index is 0.0288. The lowest BCUT2D eigenvalue weighted by molar-refractivity contribution is -0.151. The van der Waals surface area contributed by atoms with Crippen molar-refractivity contribution >= 4 is 17.5 Å². The van der Waals surface area contributed by atoms with Gasteiger partial charge in [-0.15, -0.1) is 0 Å². The van der Waals surface area contributed by atoms with Crippen LogP contribution in [0.4, 0.5) is 0 Å². The summed E-state index contributed by atoms with van der Waals surface area (Å²) >= 11 is 0. The first-order valence-corrected chi connectivity index (χ1v) is 11.6. The molecule has 0 saturated heterocycles. The largest absolute Gasteiger partial charge is 0.497 e. The Kier molecular flexibility index (Phi) is 4.84. The van der Waals surface area contributed by atoms with Gasteiger partial charge in [0, 0.05) is 30.6 Å². The van der Waals surface area contributed by atoms with Crippen LogP contribution >= 0.6 is 0 Å².